The van der Waals surface area contributed by atoms with E-state index in [1.807, 2.05) is 78.9 Å². The van der Waals surface area contributed by atoms with Crippen LogP contribution in [0.15, 0.2) is 138 Å². The predicted octanol–water partition coefficient (Wildman–Crippen LogP) is 8.73. The second kappa shape index (κ2) is 9.43. The Hall–Kier alpha value is -3.65. The third kappa shape index (κ3) is 3.95. The van der Waals surface area contributed by atoms with Gasteiger partial charge in [0.15, 0.2) is 0 Å². The summed E-state index contributed by atoms with van der Waals surface area (Å²) in [5, 5.41) is 5.93. The van der Waals surface area contributed by atoms with Gasteiger partial charge >= 0.3 is 7.37 Å². The minimum absolute atomic E-state index is 0.569. The minimum atomic E-state index is -3.37. The molecule has 0 fully saturated rings. The van der Waals surface area contributed by atoms with E-state index in [1.54, 1.807) is 0 Å². The summed E-state index contributed by atoms with van der Waals surface area (Å²) in [6.07, 6.45) is 0. The van der Waals surface area contributed by atoms with Gasteiger partial charge in [-0.05, 0) is 85.0 Å². The maximum Gasteiger partial charge on any atom is 0.306 e. The summed E-state index contributed by atoms with van der Waals surface area (Å²) < 4.78 is 22.0. The molecule has 0 aliphatic heterocycles. The van der Waals surface area contributed by atoms with E-state index in [-0.39, 0.29) is 0 Å². The van der Waals surface area contributed by atoms with Crippen LogP contribution < -0.4 is 15.1 Å². The minimum Gasteiger partial charge on any atom is -0.437 e. The smallest absolute Gasteiger partial charge is 0.306 e. The molecule has 0 saturated heterocycles. The van der Waals surface area contributed by atoms with Crippen LogP contribution in [0.4, 0.5) is 0 Å². The van der Waals surface area contributed by atoms with Gasteiger partial charge in [-0.15, -0.1) is 0 Å². The number of benzene rings is 6. The normalized spacial score (nSPS) is 11.6. The average molecular weight is 549 g/mol. The zero-order valence-electron chi connectivity index (χ0n) is 19.3. The summed E-state index contributed by atoms with van der Waals surface area (Å²) >= 11 is 3.83. The van der Waals surface area contributed by atoms with Crippen molar-refractivity contribution in [2.24, 2.45) is 0 Å². The largest absolute Gasteiger partial charge is 0.437 e. The first-order valence-electron chi connectivity index (χ1n) is 11.8. The van der Waals surface area contributed by atoms with Gasteiger partial charge in [-0.3, -0.25) is 4.57 Å². The Balaban J connectivity index is 1.54. The van der Waals surface area contributed by atoms with Crippen molar-refractivity contribution in [1.29, 1.82) is 0 Å². The molecular weight excluding hydrogens is 527 g/mol. The van der Waals surface area contributed by atoms with Crippen LogP contribution >= 0.6 is 23.3 Å². The van der Waals surface area contributed by atoms with Crippen LogP contribution in [0.2, 0.25) is 0 Å². The molecule has 0 aromatic heterocycles. The predicted molar refractivity (Wildman–Crippen MR) is 155 cm³/mol. The fourth-order valence-corrected chi connectivity index (χ4v) is 7.49. The molecular formula is C32H22BrO2P. The summed E-state index contributed by atoms with van der Waals surface area (Å²) in [6.45, 7) is 0. The topological polar surface area (TPSA) is 26.3 Å². The van der Waals surface area contributed by atoms with E-state index in [4.69, 9.17) is 4.52 Å². The Kier molecular flexibility index (Phi) is 5.97. The van der Waals surface area contributed by atoms with Crippen LogP contribution in [0, 0.1) is 0 Å². The van der Waals surface area contributed by atoms with Gasteiger partial charge in [0.25, 0.3) is 0 Å². The van der Waals surface area contributed by atoms with E-state index in [2.05, 4.69) is 70.5 Å². The maximum absolute atomic E-state index is 14.5. The van der Waals surface area contributed by atoms with E-state index >= 15 is 0 Å². The summed E-state index contributed by atoms with van der Waals surface area (Å²) in [5.41, 5.74) is 2.14. The van der Waals surface area contributed by atoms with Crippen molar-refractivity contribution in [2.45, 2.75) is 0 Å². The van der Waals surface area contributed by atoms with Crippen molar-refractivity contribution in [3.63, 3.8) is 0 Å². The molecule has 0 heterocycles. The number of halogens is 1. The van der Waals surface area contributed by atoms with E-state index in [1.165, 1.54) is 0 Å². The summed E-state index contributed by atoms with van der Waals surface area (Å²) in [4.78, 5) is 0. The van der Waals surface area contributed by atoms with Gasteiger partial charge in [0.05, 0.1) is 10.6 Å². The van der Waals surface area contributed by atoms with Crippen LogP contribution in [0.3, 0.4) is 0 Å². The van der Waals surface area contributed by atoms with Gasteiger partial charge < -0.3 is 4.52 Å². The first-order chi connectivity index (χ1) is 17.6. The van der Waals surface area contributed by atoms with Crippen molar-refractivity contribution in [1.82, 2.24) is 0 Å². The molecule has 0 amide bonds. The third-order valence-electron chi connectivity index (χ3n) is 6.41. The second-order valence-electron chi connectivity index (χ2n) is 8.62. The number of hydrogen-bond acceptors (Lipinski definition) is 2. The highest BCUT2D eigenvalue weighted by atomic mass is 79.9. The summed E-state index contributed by atoms with van der Waals surface area (Å²) in [5.74, 6) is 0.569. The van der Waals surface area contributed by atoms with Crippen LogP contribution in [0.1, 0.15) is 0 Å². The third-order valence-corrected chi connectivity index (χ3v) is 9.69. The highest BCUT2D eigenvalue weighted by Gasteiger charge is 2.30. The Labute approximate surface area is 218 Å². The molecule has 4 heteroatoms. The van der Waals surface area contributed by atoms with Crippen molar-refractivity contribution in [3.8, 4) is 16.9 Å². The number of hydrogen-bond donors (Lipinski definition) is 0. The fourth-order valence-electron chi connectivity index (χ4n) is 4.75. The molecule has 174 valence electrons. The number of fused-ring (bicyclic) bond motifs is 2. The molecule has 6 aromatic rings. The van der Waals surface area contributed by atoms with Crippen LogP contribution in [0.5, 0.6) is 5.75 Å². The molecule has 2 nitrogen and oxygen atoms in total. The Morgan fingerprint density at radius 3 is 1.53 bits per heavy atom. The first kappa shape index (κ1) is 22.8. The fraction of sp³-hybridized carbons (Fsp3) is 0. The molecule has 0 unspecified atom stereocenters. The van der Waals surface area contributed by atoms with Crippen molar-refractivity contribution < 1.29 is 9.09 Å². The van der Waals surface area contributed by atoms with Gasteiger partial charge in [-0.1, -0.05) is 97.1 Å². The van der Waals surface area contributed by atoms with Crippen LogP contribution in [-0.2, 0) is 4.57 Å². The lowest BCUT2D eigenvalue weighted by Gasteiger charge is -2.21. The molecule has 0 atom stereocenters. The molecule has 36 heavy (non-hydrogen) atoms. The Morgan fingerprint density at radius 2 is 1.00 bits per heavy atom. The molecule has 0 saturated carbocycles. The Morgan fingerprint density at radius 1 is 0.528 bits per heavy atom. The zero-order chi connectivity index (χ0) is 24.5. The molecule has 6 rings (SSSR count). The maximum atomic E-state index is 14.5. The van der Waals surface area contributed by atoms with Crippen molar-refractivity contribution in [2.75, 3.05) is 0 Å². The lowest BCUT2D eigenvalue weighted by Crippen LogP contribution is -2.20. The standard InChI is InChI=1S/C32H22BrO2P/c33-32-29-20-9-7-18-27(29)31(28-19-8-10-21-30(28)32)23-12-11-13-24(22-23)35-36(34,25-14-3-1-4-15-25)26-16-5-2-6-17-26/h1-22H. The molecule has 6 aromatic carbocycles. The average Bonchev–Trinajstić information content (AvgIpc) is 2.94. The second-order valence-corrected chi connectivity index (χ2v) is 11.7. The molecule has 0 bridgehead atoms. The first-order valence-corrected chi connectivity index (χ1v) is 14.2. The quantitative estimate of drug-likeness (QED) is 0.159. The highest BCUT2D eigenvalue weighted by molar-refractivity contribution is 9.10. The van der Waals surface area contributed by atoms with E-state index in [0.29, 0.717) is 16.4 Å². The van der Waals surface area contributed by atoms with Gasteiger partial charge in [0.2, 0.25) is 0 Å². The van der Waals surface area contributed by atoms with Gasteiger partial charge in [-0.2, -0.15) is 0 Å². The van der Waals surface area contributed by atoms with Gasteiger partial charge in [0.1, 0.15) is 5.75 Å². The Bertz CT molecular complexity index is 1650. The van der Waals surface area contributed by atoms with Crippen molar-refractivity contribution in [3.05, 3.63) is 138 Å². The molecule has 0 spiro atoms. The molecule has 0 N–H and O–H groups in total. The lowest BCUT2D eigenvalue weighted by molar-refractivity contribution is 0.503. The van der Waals surface area contributed by atoms with E-state index in [9.17, 15) is 4.57 Å². The van der Waals surface area contributed by atoms with Crippen LogP contribution in [-0.4, -0.2) is 0 Å². The van der Waals surface area contributed by atoms with E-state index < -0.39 is 7.37 Å². The van der Waals surface area contributed by atoms with E-state index in [0.717, 1.165) is 37.1 Å². The summed E-state index contributed by atoms with van der Waals surface area (Å²) in [6, 6.07) is 43.6. The zero-order valence-corrected chi connectivity index (χ0v) is 21.8. The van der Waals surface area contributed by atoms with Crippen molar-refractivity contribution >= 4 is 55.5 Å². The van der Waals surface area contributed by atoms with Crippen LogP contribution in [0.25, 0.3) is 32.7 Å². The van der Waals surface area contributed by atoms with Gasteiger partial charge in [-0.25, -0.2) is 0 Å². The number of rotatable bonds is 5. The monoisotopic (exact) mass is 548 g/mol. The van der Waals surface area contributed by atoms with Gasteiger partial charge in [0, 0.05) is 4.47 Å². The molecule has 0 aliphatic carbocycles. The highest BCUT2D eigenvalue weighted by Crippen LogP contribution is 2.47. The lowest BCUT2D eigenvalue weighted by atomic mass is 9.92. The summed E-state index contributed by atoms with van der Waals surface area (Å²) in [7, 11) is -3.37. The SMILES string of the molecule is O=P(Oc1cccc(-c2c3ccccc3c(Br)c3ccccc23)c1)(c1ccccc1)c1ccccc1. The molecule has 0 aliphatic rings. The molecule has 0 radical (unpaired) electrons.